The maximum atomic E-state index is 11.1. The van der Waals surface area contributed by atoms with Crippen LogP contribution in [-0.2, 0) is 11.3 Å². The van der Waals surface area contributed by atoms with Crippen LogP contribution in [0.4, 0.5) is 0 Å². The minimum atomic E-state index is -0.663. The van der Waals surface area contributed by atoms with Crippen molar-refractivity contribution in [2.24, 2.45) is 17.8 Å². The van der Waals surface area contributed by atoms with Crippen LogP contribution >= 0.6 is 0 Å². The Morgan fingerprint density at radius 1 is 1.10 bits per heavy atom. The maximum absolute atomic E-state index is 11.1. The Kier molecular flexibility index (Phi) is 6.57. The van der Waals surface area contributed by atoms with Crippen LogP contribution in [0.1, 0.15) is 58.1 Å². The van der Waals surface area contributed by atoms with Crippen LogP contribution < -0.4 is 4.74 Å². The van der Waals surface area contributed by atoms with Gasteiger partial charge in [-0.25, -0.2) is 0 Å². The van der Waals surface area contributed by atoms with Crippen LogP contribution in [-0.4, -0.2) is 40.2 Å². The Labute approximate surface area is 179 Å². The van der Waals surface area contributed by atoms with Crippen molar-refractivity contribution in [1.29, 1.82) is 0 Å². The lowest BCUT2D eigenvalue weighted by molar-refractivity contribution is -0.143. The Bertz CT molecular complexity index is 866. The molecule has 1 saturated carbocycles. The molecule has 1 aromatic carbocycles. The minimum absolute atomic E-state index is 0.190. The highest BCUT2D eigenvalue weighted by atomic mass is 16.5. The lowest BCUT2D eigenvalue weighted by Crippen LogP contribution is -2.36. The molecule has 2 aromatic rings. The third-order valence-electron chi connectivity index (χ3n) is 7.01. The number of ether oxygens (including phenoxy) is 1. The molecule has 5 heteroatoms. The first-order valence-corrected chi connectivity index (χ1v) is 11.5. The Balaban J connectivity index is 1.34. The molecule has 5 nitrogen and oxygen atoms in total. The average Bonchev–Trinajstić information content (AvgIpc) is 2.74. The van der Waals surface area contributed by atoms with E-state index in [0.29, 0.717) is 6.10 Å². The molecule has 0 radical (unpaired) electrons. The number of piperidine rings is 1. The number of carboxylic acid groups (broad SMARTS) is 1. The van der Waals surface area contributed by atoms with Gasteiger partial charge in [-0.3, -0.25) is 14.7 Å². The molecule has 4 rings (SSSR count). The summed E-state index contributed by atoms with van der Waals surface area (Å²) in [5.74, 6) is 1.71. The quantitative estimate of drug-likeness (QED) is 0.716. The zero-order valence-electron chi connectivity index (χ0n) is 18.2. The second kappa shape index (κ2) is 9.34. The first-order chi connectivity index (χ1) is 14.5. The largest absolute Gasteiger partial charge is 0.490 e. The number of fused-ring (bicyclic) bond motifs is 1. The first-order valence-electron chi connectivity index (χ1n) is 11.5. The molecule has 0 atom stereocenters. The number of carboxylic acids is 1. The van der Waals surface area contributed by atoms with Crippen LogP contribution in [0.25, 0.3) is 10.9 Å². The molecule has 1 N–H and O–H groups in total. The molecule has 0 unspecified atom stereocenters. The zero-order chi connectivity index (χ0) is 21.1. The summed E-state index contributed by atoms with van der Waals surface area (Å²) >= 11 is 0. The summed E-state index contributed by atoms with van der Waals surface area (Å²) in [5, 5.41) is 10.3. The van der Waals surface area contributed by atoms with Gasteiger partial charge < -0.3 is 9.84 Å². The number of hydrogen-bond acceptors (Lipinski definition) is 4. The number of rotatable bonds is 6. The molecule has 1 aliphatic heterocycles. The molecule has 0 bridgehead atoms. The van der Waals surface area contributed by atoms with Gasteiger partial charge in [-0.05, 0) is 87.7 Å². The van der Waals surface area contributed by atoms with Crippen molar-refractivity contribution in [1.82, 2.24) is 9.88 Å². The topological polar surface area (TPSA) is 62.7 Å². The summed E-state index contributed by atoms with van der Waals surface area (Å²) in [7, 11) is 0. The van der Waals surface area contributed by atoms with Crippen molar-refractivity contribution in [3.8, 4) is 5.75 Å². The van der Waals surface area contributed by atoms with Crippen LogP contribution in [0.5, 0.6) is 5.75 Å². The second-order valence-electron chi connectivity index (χ2n) is 9.44. The van der Waals surface area contributed by atoms with E-state index in [2.05, 4.69) is 43.0 Å². The Morgan fingerprint density at radius 2 is 1.83 bits per heavy atom. The van der Waals surface area contributed by atoms with Crippen molar-refractivity contribution < 1.29 is 14.6 Å². The van der Waals surface area contributed by atoms with E-state index < -0.39 is 5.97 Å². The molecule has 2 aliphatic rings. The number of likely N-dealkylation sites (tertiary alicyclic amines) is 1. The zero-order valence-corrected chi connectivity index (χ0v) is 18.2. The van der Waals surface area contributed by atoms with Gasteiger partial charge >= 0.3 is 5.97 Å². The van der Waals surface area contributed by atoms with Gasteiger partial charge in [-0.1, -0.05) is 19.9 Å². The van der Waals surface area contributed by atoms with Gasteiger partial charge in [0.15, 0.2) is 0 Å². The van der Waals surface area contributed by atoms with Gasteiger partial charge in [0.05, 0.1) is 23.2 Å². The number of pyridine rings is 1. The third kappa shape index (κ3) is 5.12. The van der Waals surface area contributed by atoms with Crippen molar-refractivity contribution in [2.45, 2.75) is 65.0 Å². The Morgan fingerprint density at radius 3 is 2.50 bits per heavy atom. The van der Waals surface area contributed by atoms with E-state index in [9.17, 15) is 4.79 Å². The predicted molar refractivity (Wildman–Crippen MR) is 119 cm³/mol. The van der Waals surface area contributed by atoms with E-state index in [-0.39, 0.29) is 5.92 Å². The fraction of sp³-hybridized carbons (Fsp3) is 0.600. The number of benzene rings is 1. The van der Waals surface area contributed by atoms with E-state index in [0.717, 1.165) is 79.5 Å². The fourth-order valence-corrected chi connectivity index (χ4v) is 4.94. The van der Waals surface area contributed by atoms with Gasteiger partial charge in [-0.2, -0.15) is 0 Å². The standard InChI is InChI=1S/C25H34N2O3/c1-17(2)18-4-7-22(8-5-18)30-23-9-10-24-20(15-23)3-6-21(26-24)16-27-13-11-19(12-14-27)25(28)29/h3,6,9-10,15,17-19,22H,4-5,7-8,11-14,16H2,1-2H3,(H,28,29). The molecule has 1 aromatic heterocycles. The minimum Gasteiger partial charge on any atom is -0.490 e. The van der Waals surface area contributed by atoms with E-state index in [1.54, 1.807) is 0 Å². The van der Waals surface area contributed by atoms with Crippen LogP contribution in [0.3, 0.4) is 0 Å². The highest BCUT2D eigenvalue weighted by Gasteiger charge is 2.25. The lowest BCUT2D eigenvalue weighted by atomic mass is 9.80. The molecule has 0 amide bonds. The highest BCUT2D eigenvalue weighted by molar-refractivity contribution is 5.80. The van der Waals surface area contributed by atoms with E-state index >= 15 is 0 Å². The van der Waals surface area contributed by atoms with E-state index in [1.807, 2.05) is 6.07 Å². The molecule has 2 fully saturated rings. The highest BCUT2D eigenvalue weighted by Crippen LogP contribution is 2.32. The van der Waals surface area contributed by atoms with Crippen molar-refractivity contribution in [3.63, 3.8) is 0 Å². The molecule has 162 valence electrons. The molecular formula is C25H34N2O3. The predicted octanol–water partition coefficient (Wildman–Crippen LogP) is 5.13. The summed E-state index contributed by atoms with van der Waals surface area (Å²) in [6, 6.07) is 10.4. The van der Waals surface area contributed by atoms with Gasteiger partial charge in [-0.15, -0.1) is 0 Å². The second-order valence-corrected chi connectivity index (χ2v) is 9.44. The molecule has 1 saturated heterocycles. The molecule has 1 aliphatic carbocycles. The van der Waals surface area contributed by atoms with Crippen molar-refractivity contribution in [3.05, 3.63) is 36.0 Å². The molecule has 2 heterocycles. The monoisotopic (exact) mass is 410 g/mol. The third-order valence-corrected chi connectivity index (χ3v) is 7.01. The summed E-state index contributed by atoms with van der Waals surface area (Å²) in [6.45, 7) is 7.08. The number of carbonyl (C=O) groups is 1. The normalized spacial score (nSPS) is 23.7. The van der Waals surface area contributed by atoms with Crippen molar-refractivity contribution in [2.75, 3.05) is 13.1 Å². The van der Waals surface area contributed by atoms with E-state index in [4.69, 9.17) is 14.8 Å². The van der Waals surface area contributed by atoms with Crippen molar-refractivity contribution >= 4 is 16.9 Å². The smallest absolute Gasteiger partial charge is 0.306 e. The average molecular weight is 411 g/mol. The van der Waals surface area contributed by atoms with Gasteiger partial charge in [0.25, 0.3) is 0 Å². The summed E-state index contributed by atoms with van der Waals surface area (Å²) in [5.41, 5.74) is 2.03. The number of aromatic nitrogens is 1. The van der Waals surface area contributed by atoms with E-state index in [1.165, 1.54) is 12.8 Å². The SMILES string of the molecule is CC(C)C1CCC(Oc2ccc3nc(CN4CCC(C(=O)O)CC4)ccc3c2)CC1. The van der Waals surface area contributed by atoms with Crippen LogP contribution in [0.2, 0.25) is 0 Å². The molecule has 30 heavy (non-hydrogen) atoms. The summed E-state index contributed by atoms with van der Waals surface area (Å²) in [6.07, 6.45) is 6.62. The molecular weight excluding hydrogens is 376 g/mol. The lowest BCUT2D eigenvalue weighted by Gasteiger charge is -2.31. The summed E-state index contributed by atoms with van der Waals surface area (Å²) in [4.78, 5) is 18.3. The summed E-state index contributed by atoms with van der Waals surface area (Å²) < 4.78 is 6.29. The van der Waals surface area contributed by atoms with Crippen LogP contribution in [0, 0.1) is 17.8 Å². The van der Waals surface area contributed by atoms with Gasteiger partial charge in [0.2, 0.25) is 0 Å². The maximum Gasteiger partial charge on any atom is 0.306 e. The Hall–Kier alpha value is -2.14. The number of hydrogen-bond donors (Lipinski definition) is 1. The molecule has 0 spiro atoms. The van der Waals surface area contributed by atoms with Gasteiger partial charge in [0.1, 0.15) is 5.75 Å². The van der Waals surface area contributed by atoms with Gasteiger partial charge in [0, 0.05) is 11.9 Å². The fourth-order valence-electron chi connectivity index (χ4n) is 4.94. The number of nitrogens with zero attached hydrogens (tertiary/aromatic N) is 2. The van der Waals surface area contributed by atoms with Crippen LogP contribution in [0.15, 0.2) is 30.3 Å². The number of aliphatic carboxylic acids is 1. The first kappa shape index (κ1) is 21.1.